The highest BCUT2D eigenvalue weighted by Gasteiger charge is 2.09. The molecule has 1 aromatic carbocycles. The maximum Gasteiger partial charge on any atom is 0.123 e. The van der Waals surface area contributed by atoms with Gasteiger partial charge in [-0.15, -0.1) is 0 Å². The highest BCUT2D eigenvalue weighted by molar-refractivity contribution is 5.42. The van der Waals surface area contributed by atoms with Crippen LogP contribution in [0, 0.1) is 11.3 Å². The molecule has 0 fully saturated rings. The van der Waals surface area contributed by atoms with Crippen molar-refractivity contribution in [3.8, 4) is 11.8 Å². The van der Waals surface area contributed by atoms with E-state index < -0.39 is 0 Å². The van der Waals surface area contributed by atoms with Gasteiger partial charge in [0.1, 0.15) is 11.6 Å². The topological polar surface area (TPSA) is 62.9 Å². The lowest BCUT2D eigenvalue weighted by Gasteiger charge is -2.13. The lowest BCUT2D eigenvalue weighted by Crippen LogP contribution is -2.24. The number of aromatic nitrogens is 2. The maximum atomic E-state index is 9.03. The summed E-state index contributed by atoms with van der Waals surface area (Å²) in [6.45, 7) is 5.55. The minimum atomic E-state index is 0.409. The third-order valence-corrected chi connectivity index (χ3v) is 3.22. The average molecular weight is 284 g/mol. The molecular weight excluding hydrogens is 264 g/mol. The molecule has 0 spiro atoms. The van der Waals surface area contributed by atoms with E-state index in [1.807, 2.05) is 18.3 Å². The molecule has 2 aromatic rings. The summed E-state index contributed by atoms with van der Waals surface area (Å²) >= 11 is 0. The number of nitrogens with zero attached hydrogens (tertiary/aromatic N) is 3. The van der Waals surface area contributed by atoms with Crippen molar-refractivity contribution < 1.29 is 4.74 Å². The Morgan fingerprint density at radius 1 is 1.43 bits per heavy atom. The lowest BCUT2D eigenvalue weighted by molar-refractivity contribution is 0.408. The van der Waals surface area contributed by atoms with Gasteiger partial charge in [-0.2, -0.15) is 5.26 Å². The number of ether oxygens (including phenoxy) is 1. The third-order valence-electron chi connectivity index (χ3n) is 3.22. The second kappa shape index (κ2) is 6.91. The van der Waals surface area contributed by atoms with Gasteiger partial charge in [-0.3, -0.25) is 0 Å². The minimum Gasteiger partial charge on any atom is -0.496 e. The fourth-order valence-corrected chi connectivity index (χ4v) is 2.10. The van der Waals surface area contributed by atoms with Crippen molar-refractivity contribution in [3.05, 3.63) is 47.5 Å². The molecule has 0 aliphatic carbocycles. The van der Waals surface area contributed by atoms with E-state index in [1.54, 1.807) is 19.4 Å². The van der Waals surface area contributed by atoms with Crippen molar-refractivity contribution in [2.45, 2.75) is 33.0 Å². The first kappa shape index (κ1) is 15.1. The van der Waals surface area contributed by atoms with E-state index in [4.69, 9.17) is 10.00 Å². The Hall–Kier alpha value is -2.32. The van der Waals surface area contributed by atoms with Crippen LogP contribution in [0.3, 0.4) is 0 Å². The molecule has 0 unspecified atom stereocenters. The number of imidazole rings is 1. The molecule has 0 aliphatic rings. The predicted molar refractivity (Wildman–Crippen MR) is 81.0 cm³/mol. The number of nitrogens with one attached hydrogen (secondary N) is 1. The number of benzene rings is 1. The summed E-state index contributed by atoms with van der Waals surface area (Å²) in [6, 6.07) is 8.02. The molecule has 1 N–H and O–H groups in total. The molecule has 5 nitrogen and oxygen atoms in total. The highest BCUT2D eigenvalue weighted by Crippen LogP contribution is 2.21. The Morgan fingerprint density at radius 2 is 2.24 bits per heavy atom. The number of nitriles is 1. The normalized spacial score (nSPS) is 10.6. The quantitative estimate of drug-likeness (QED) is 0.884. The summed E-state index contributed by atoms with van der Waals surface area (Å²) in [4.78, 5) is 4.38. The van der Waals surface area contributed by atoms with Crippen LogP contribution in [0.1, 0.15) is 30.8 Å². The molecule has 1 aromatic heterocycles. The smallest absolute Gasteiger partial charge is 0.123 e. The fourth-order valence-electron chi connectivity index (χ4n) is 2.10. The first-order valence-electron chi connectivity index (χ1n) is 6.94. The second-order valence-electron chi connectivity index (χ2n) is 5.15. The fraction of sp³-hybridized carbons (Fsp3) is 0.375. The van der Waals surface area contributed by atoms with Crippen LogP contribution in [0.15, 0.2) is 30.6 Å². The van der Waals surface area contributed by atoms with Gasteiger partial charge in [0.05, 0.1) is 31.8 Å². The molecule has 0 saturated carbocycles. The van der Waals surface area contributed by atoms with Crippen LogP contribution < -0.4 is 10.1 Å². The third kappa shape index (κ3) is 3.83. The largest absolute Gasteiger partial charge is 0.496 e. The maximum absolute atomic E-state index is 9.03. The molecule has 0 amide bonds. The van der Waals surface area contributed by atoms with E-state index >= 15 is 0 Å². The Balaban J connectivity index is 2.22. The molecule has 0 radical (unpaired) electrons. The van der Waals surface area contributed by atoms with Crippen LogP contribution in [0.2, 0.25) is 0 Å². The minimum absolute atomic E-state index is 0.409. The molecule has 2 rings (SSSR count). The molecular formula is C16H20N4O. The van der Waals surface area contributed by atoms with Gasteiger partial charge in [0.25, 0.3) is 0 Å². The van der Waals surface area contributed by atoms with Crippen LogP contribution >= 0.6 is 0 Å². The van der Waals surface area contributed by atoms with E-state index in [0.717, 1.165) is 17.1 Å². The molecule has 0 saturated heterocycles. The lowest BCUT2D eigenvalue weighted by atomic mass is 10.1. The monoisotopic (exact) mass is 284 g/mol. The SMILES string of the molecule is COc1ccc(C#N)cc1Cn1ccnc1CNC(C)C. The summed E-state index contributed by atoms with van der Waals surface area (Å²) < 4.78 is 7.44. The predicted octanol–water partition coefficient (Wildman–Crippen LogP) is 2.31. The van der Waals surface area contributed by atoms with Crippen LogP contribution in [0.5, 0.6) is 5.75 Å². The molecule has 0 bridgehead atoms. The zero-order valence-electron chi connectivity index (χ0n) is 12.6. The van der Waals surface area contributed by atoms with Gasteiger partial charge in [-0.1, -0.05) is 13.8 Å². The number of hydrogen-bond donors (Lipinski definition) is 1. The van der Waals surface area contributed by atoms with Crippen LogP contribution in [0.4, 0.5) is 0 Å². The van der Waals surface area contributed by atoms with Crippen LogP contribution in [-0.2, 0) is 13.1 Å². The van der Waals surface area contributed by atoms with E-state index in [-0.39, 0.29) is 0 Å². The summed E-state index contributed by atoms with van der Waals surface area (Å²) in [5.74, 6) is 1.75. The van der Waals surface area contributed by atoms with Gasteiger partial charge >= 0.3 is 0 Å². The van der Waals surface area contributed by atoms with Crippen molar-refractivity contribution in [2.24, 2.45) is 0 Å². The second-order valence-corrected chi connectivity index (χ2v) is 5.15. The molecule has 0 atom stereocenters. The Morgan fingerprint density at radius 3 is 2.90 bits per heavy atom. The summed E-state index contributed by atoms with van der Waals surface area (Å²) in [6.07, 6.45) is 3.73. The van der Waals surface area contributed by atoms with E-state index in [0.29, 0.717) is 24.7 Å². The molecule has 1 heterocycles. The standard InChI is InChI=1S/C16H20N4O/c1-12(2)19-10-16-18-6-7-20(16)11-14-8-13(9-17)4-5-15(14)21-3/h4-8,12,19H,10-11H2,1-3H3. The van der Waals surface area contributed by atoms with E-state index in [1.165, 1.54) is 0 Å². The van der Waals surface area contributed by atoms with Crippen molar-refractivity contribution >= 4 is 0 Å². The number of methoxy groups -OCH3 is 1. The first-order valence-corrected chi connectivity index (χ1v) is 6.94. The summed E-state index contributed by atoms with van der Waals surface area (Å²) in [7, 11) is 1.64. The van der Waals surface area contributed by atoms with Crippen molar-refractivity contribution in [3.63, 3.8) is 0 Å². The van der Waals surface area contributed by atoms with Gasteiger partial charge in [0, 0.05) is 24.0 Å². The summed E-state index contributed by atoms with van der Waals surface area (Å²) in [5.41, 5.74) is 1.60. The Bertz CT molecular complexity index is 640. The van der Waals surface area contributed by atoms with Crippen molar-refractivity contribution in [1.29, 1.82) is 5.26 Å². The van der Waals surface area contributed by atoms with Gasteiger partial charge < -0.3 is 14.6 Å². The molecule has 5 heteroatoms. The van der Waals surface area contributed by atoms with E-state index in [9.17, 15) is 0 Å². The molecule has 0 aliphatic heterocycles. The number of rotatable bonds is 6. The van der Waals surface area contributed by atoms with Gasteiger partial charge in [0.15, 0.2) is 0 Å². The van der Waals surface area contributed by atoms with Crippen molar-refractivity contribution in [1.82, 2.24) is 14.9 Å². The van der Waals surface area contributed by atoms with Crippen LogP contribution in [-0.4, -0.2) is 22.7 Å². The summed E-state index contributed by atoms with van der Waals surface area (Å²) in [5, 5.41) is 12.4. The molecule has 110 valence electrons. The van der Waals surface area contributed by atoms with Gasteiger partial charge in [-0.25, -0.2) is 4.98 Å². The Kier molecular flexibility index (Phi) is 4.96. The van der Waals surface area contributed by atoms with E-state index in [2.05, 4.69) is 34.8 Å². The average Bonchev–Trinajstić information content (AvgIpc) is 2.92. The molecule has 21 heavy (non-hydrogen) atoms. The zero-order valence-corrected chi connectivity index (χ0v) is 12.6. The highest BCUT2D eigenvalue weighted by atomic mass is 16.5. The van der Waals surface area contributed by atoms with Gasteiger partial charge in [-0.05, 0) is 18.2 Å². The zero-order chi connectivity index (χ0) is 15.2. The van der Waals surface area contributed by atoms with Crippen LogP contribution in [0.25, 0.3) is 0 Å². The Labute approximate surface area is 125 Å². The van der Waals surface area contributed by atoms with Crippen molar-refractivity contribution in [2.75, 3.05) is 7.11 Å². The van der Waals surface area contributed by atoms with Gasteiger partial charge in [0.2, 0.25) is 0 Å². The number of hydrogen-bond acceptors (Lipinski definition) is 4. The first-order chi connectivity index (χ1) is 10.1.